The summed E-state index contributed by atoms with van der Waals surface area (Å²) in [5, 5.41) is 0.649. The van der Waals surface area contributed by atoms with Gasteiger partial charge < -0.3 is 14.1 Å². The van der Waals surface area contributed by atoms with Crippen LogP contribution < -0.4 is 4.74 Å². The van der Waals surface area contributed by atoms with E-state index in [0.717, 1.165) is 22.6 Å². The van der Waals surface area contributed by atoms with Gasteiger partial charge in [-0.3, -0.25) is 0 Å². The van der Waals surface area contributed by atoms with Gasteiger partial charge in [-0.1, -0.05) is 23.7 Å². The number of halogens is 1. The Morgan fingerprint density at radius 3 is 2.52 bits per heavy atom. The topological polar surface area (TPSA) is 38.2 Å². The monoisotopic (exact) mass is 317 g/mol. The lowest BCUT2D eigenvalue weighted by atomic mass is 10.1. The normalized spacial score (nSPS) is 10.6. The van der Waals surface area contributed by atoms with Crippen LogP contribution in [0.25, 0.3) is 22.6 Å². The molecule has 0 unspecified atom stereocenters. The number of ether oxygens (including phenoxy) is 1. The van der Waals surface area contributed by atoms with Gasteiger partial charge >= 0.3 is 0 Å². The Labute approximate surface area is 132 Å². The van der Waals surface area contributed by atoms with E-state index in [-0.39, 0.29) is 0 Å². The quantitative estimate of drug-likeness (QED) is 0.663. The third-order valence-corrected chi connectivity index (χ3v) is 3.53. The summed E-state index contributed by atoms with van der Waals surface area (Å²) in [6.45, 7) is 0. The highest BCUT2D eigenvalue weighted by Crippen LogP contribution is 2.33. The molecule has 21 heavy (non-hydrogen) atoms. The van der Waals surface area contributed by atoms with E-state index in [0.29, 0.717) is 15.6 Å². The van der Waals surface area contributed by atoms with Gasteiger partial charge in [-0.25, -0.2) is 0 Å². The summed E-state index contributed by atoms with van der Waals surface area (Å²) >= 11 is 11.2. The van der Waals surface area contributed by atoms with Crippen molar-refractivity contribution in [3.8, 4) is 28.3 Å². The van der Waals surface area contributed by atoms with Crippen molar-refractivity contribution in [3.63, 3.8) is 0 Å². The standard InChI is InChI=1S/C16H12ClNO2S/c1-19-13-7-5-10(6-8-13)14-15(20-16(21)18-14)11-3-2-4-12(17)9-11/h2-9H,1H3,(H,18,21). The maximum atomic E-state index is 6.05. The number of oxazole rings is 1. The fourth-order valence-corrected chi connectivity index (χ4v) is 2.50. The zero-order valence-corrected chi connectivity index (χ0v) is 12.8. The van der Waals surface area contributed by atoms with Gasteiger partial charge in [0.05, 0.1) is 12.8 Å². The Bertz CT molecular complexity index is 821. The first-order valence-corrected chi connectivity index (χ1v) is 7.09. The van der Waals surface area contributed by atoms with Crippen molar-refractivity contribution in [1.82, 2.24) is 4.98 Å². The second kappa shape index (κ2) is 5.76. The third-order valence-electron chi connectivity index (χ3n) is 3.11. The number of aromatic amines is 1. The molecule has 1 aromatic heterocycles. The molecule has 5 heteroatoms. The van der Waals surface area contributed by atoms with Crippen molar-refractivity contribution in [2.24, 2.45) is 0 Å². The van der Waals surface area contributed by atoms with Gasteiger partial charge in [-0.15, -0.1) is 0 Å². The van der Waals surface area contributed by atoms with Crippen LogP contribution in [0.5, 0.6) is 5.75 Å². The lowest BCUT2D eigenvalue weighted by Gasteiger charge is -2.04. The van der Waals surface area contributed by atoms with Crippen molar-refractivity contribution in [2.75, 3.05) is 7.11 Å². The highest BCUT2D eigenvalue weighted by Gasteiger charge is 2.13. The summed E-state index contributed by atoms with van der Waals surface area (Å²) in [6.07, 6.45) is 0. The molecule has 0 aliphatic heterocycles. The van der Waals surface area contributed by atoms with Crippen LogP contribution in [-0.2, 0) is 0 Å². The molecule has 1 heterocycles. The average molecular weight is 318 g/mol. The molecule has 0 aliphatic rings. The molecule has 3 aromatic rings. The van der Waals surface area contributed by atoms with Crippen molar-refractivity contribution >= 4 is 23.8 Å². The molecule has 3 nitrogen and oxygen atoms in total. The summed E-state index contributed by atoms with van der Waals surface area (Å²) in [7, 11) is 1.64. The predicted octanol–water partition coefficient (Wildman–Crippen LogP) is 5.33. The van der Waals surface area contributed by atoms with Gasteiger partial charge in [0.25, 0.3) is 4.84 Å². The largest absolute Gasteiger partial charge is 0.497 e. The van der Waals surface area contributed by atoms with E-state index in [1.807, 2.05) is 48.5 Å². The fourth-order valence-electron chi connectivity index (χ4n) is 2.12. The number of aromatic nitrogens is 1. The van der Waals surface area contributed by atoms with Crippen LogP contribution in [-0.4, -0.2) is 12.1 Å². The molecule has 1 N–H and O–H groups in total. The number of methoxy groups -OCH3 is 1. The summed E-state index contributed by atoms with van der Waals surface area (Å²) in [6, 6.07) is 15.1. The molecule has 0 saturated heterocycles. The van der Waals surface area contributed by atoms with Crippen molar-refractivity contribution < 1.29 is 9.15 Å². The van der Waals surface area contributed by atoms with E-state index in [2.05, 4.69) is 4.98 Å². The number of hydrogen-bond donors (Lipinski definition) is 1. The number of hydrogen-bond acceptors (Lipinski definition) is 3. The van der Waals surface area contributed by atoms with Crippen molar-refractivity contribution in [1.29, 1.82) is 0 Å². The number of H-pyrrole nitrogens is 1. The molecule has 0 saturated carbocycles. The van der Waals surface area contributed by atoms with Gasteiger partial charge in [-0.2, -0.15) is 0 Å². The Balaban J connectivity index is 2.13. The minimum atomic E-state index is 0.329. The zero-order valence-electron chi connectivity index (χ0n) is 11.2. The Morgan fingerprint density at radius 2 is 1.86 bits per heavy atom. The van der Waals surface area contributed by atoms with E-state index in [9.17, 15) is 0 Å². The zero-order chi connectivity index (χ0) is 14.8. The number of rotatable bonds is 3. The van der Waals surface area contributed by atoms with E-state index in [1.165, 1.54) is 0 Å². The molecule has 106 valence electrons. The number of nitrogens with one attached hydrogen (secondary N) is 1. The highest BCUT2D eigenvalue weighted by molar-refractivity contribution is 7.71. The fraction of sp³-hybridized carbons (Fsp3) is 0.0625. The smallest absolute Gasteiger partial charge is 0.266 e. The van der Waals surface area contributed by atoms with Crippen LogP contribution in [0.1, 0.15) is 0 Å². The van der Waals surface area contributed by atoms with Crippen LogP contribution >= 0.6 is 23.8 Å². The van der Waals surface area contributed by atoms with Crippen LogP contribution in [0, 0.1) is 4.84 Å². The lowest BCUT2D eigenvalue weighted by molar-refractivity contribution is 0.415. The maximum Gasteiger partial charge on any atom is 0.266 e. The minimum absolute atomic E-state index is 0.329. The molecule has 0 spiro atoms. The third kappa shape index (κ3) is 2.86. The van der Waals surface area contributed by atoms with Gasteiger partial charge in [0.15, 0.2) is 5.76 Å². The number of benzene rings is 2. The van der Waals surface area contributed by atoms with Gasteiger partial charge in [-0.05, 0) is 48.6 Å². The minimum Gasteiger partial charge on any atom is -0.497 e. The first kappa shape index (κ1) is 13.9. The van der Waals surface area contributed by atoms with Crippen molar-refractivity contribution in [2.45, 2.75) is 0 Å². The van der Waals surface area contributed by atoms with Crippen LogP contribution in [0.2, 0.25) is 5.02 Å². The van der Waals surface area contributed by atoms with E-state index in [4.69, 9.17) is 33.0 Å². The van der Waals surface area contributed by atoms with E-state index < -0.39 is 0 Å². The van der Waals surface area contributed by atoms with Crippen molar-refractivity contribution in [3.05, 3.63) is 58.4 Å². The second-order valence-corrected chi connectivity index (χ2v) is 5.26. The summed E-state index contributed by atoms with van der Waals surface area (Å²) in [5.41, 5.74) is 2.66. The van der Waals surface area contributed by atoms with Crippen LogP contribution in [0.15, 0.2) is 52.9 Å². The molecule has 3 rings (SSSR count). The van der Waals surface area contributed by atoms with Gasteiger partial charge in [0, 0.05) is 16.1 Å². The van der Waals surface area contributed by atoms with E-state index in [1.54, 1.807) is 7.11 Å². The summed E-state index contributed by atoms with van der Waals surface area (Å²) in [5.74, 6) is 1.47. The Morgan fingerprint density at radius 1 is 1.10 bits per heavy atom. The summed E-state index contributed by atoms with van der Waals surface area (Å²) < 4.78 is 10.8. The van der Waals surface area contributed by atoms with E-state index >= 15 is 0 Å². The van der Waals surface area contributed by atoms with Gasteiger partial charge in [0.2, 0.25) is 0 Å². The summed E-state index contributed by atoms with van der Waals surface area (Å²) in [4.78, 5) is 3.41. The first-order chi connectivity index (χ1) is 10.2. The molecular weight excluding hydrogens is 306 g/mol. The maximum absolute atomic E-state index is 6.05. The van der Waals surface area contributed by atoms with Gasteiger partial charge in [0.1, 0.15) is 5.75 Å². The van der Waals surface area contributed by atoms with Crippen LogP contribution in [0.4, 0.5) is 0 Å². The molecule has 0 bridgehead atoms. The predicted molar refractivity (Wildman–Crippen MR) is 86.3 cm³/mol. The lowest BCUT2D eigenvalue weighted by Crippen LogP contribution is -1.85. The molecular formula is C16H12ClNO2S. The molecule has 0 amide bonds. The molecule has 0 aliphatic carbocycles. The second-order valence-electron chi connectivity index (χ2n) is 4.46. The SMILES string of the molecule is COc1ccc(-c2[nH]c(=S)oc2-c2cccc(Cl)c2)cc1. The average Bonchev–Trinajstić information content (AvgIpc) is 2.89. The van der Waals surface area contributed by atoms with Crippen LogP contribution in [0.3, 0.4) is 0 Å². The molecule has 2 aromatic carbocycles. The first-order valence-electron chi connectivity index (χ1n) is 6.31. The Kier molecular flexibility index (Phi) is 3.82. The highest BCUT2D eigenvalue weighted by atomic mass is 35.5. The molecule has 0 fully saturated rings. The molecule has 0 radical (unpaired) electrons. The Hall–Kier alpha value is -2.04. The molecule has 0 atom stereocenters.